The zero-order chi connectivity index (χ0) is 18.5. The Balaban J connectivity index is 1.98. The Kier molecular flexibility index (Phi) is 5.08. The van der Waals surface area contributed by atoms with Gasteiger partial charge in [-0.2, -0.15) is 0 Å². The zero-order valence-corrected chi connectivity index (χ0v) is 14.7. The summed E-state index contributed by atoms with van der Waals surface area (Å²) in [7, 11) is 0. The number of nitrogens with one attached hydrogen (secondary N) is 2. The summed E-state index contributed by atoms with van der Waals surface area (Å²) >= 11 is 0. The van der Waals surface area contributed by atoms with E-state index in [1.807, 2.05) is 62.4 Å². The third kappa shape index (κ3) is 4.33. The molecule has 0 saturated heterocycles. The van der Waals surface area contributed by atoms with Gasteiger partial charge in [0.2, 0.25) is 0 Å². The highest BCUT2D eigenvalue weighted by atomic mass is 16.6. The smallest absolute Gasteiger partial charge is 0.258 e. The van der Waals surface area contributed by atoms with Crippen LogP contribution in [-0.4, -0.2) is 10.8 Å². The SMILES string of the molecule is Cc1ccc(NC(=[NH+]c2ccc(C)cc2)c2ccc([N+](=O)[O-])cc2)cc1. The highest BCUT2D eigenvalue weighted by molar-refractivity contribution is 6.04. The molecular formula is C21H20N3O2+. The van der Waals surface area contributed by atoms with Crippen LogP contribution in [0.2, 0.25) is 0 Å². The Morgan fingerprint density at radius 1 is 0.846 bits per heavy atom. The third-order valence-corrected chi connectivity index (χ3v) is 4.01. The van der Waals surface area contributed by atoms with Gasteiger partial charge in [-0.15, -0.1) is 0 Å². The molecule has 26 heavy (non-hydrogen) atoms. The number of benzene rings is 3. The summed E-state index contributed by atoms with van der Waals surface area (Å²) < 4.78 is 0. The maximum atomic E-state index is 10.9. The first-order valence-electron chi connectivity index (χ1n) is 8.30. The fraction of sp³-hybridized carbons (Fsp3) is 0.0952. The van der Waals surface area contributed by atoms with Gasteiger partial charge in [0.05, 0.1) is 10.5 Å². The monoisotopic (exact) mass is 346 g/mol. The molecule has 0 bridgehead atoms. The number of aryl methyl sites for hydroxylation is 2. The molecule has 3 aromatic carbocycles. The first-order chi connectivity index (χ1) is 12.5. The van der Waals surface area contributed by atoms with E-state index in [2.05, 4.69) is 10.3 Å². The maximum absolute atomic E-state index is 10.9. The second kappa shape index (κ2) is 7.61. The van der Waals surface area contributed by atoms with E-state index in [0.29, 0.717) is 0 Å². The van der Waals surface area contributed by atoms with Crippen LogP contribution in [0.4, 0.5) is 17.1 Å². The van der Waals surface area contributed by atoms with Crippen molar-refractivity contribution >= 4 is 22.9 Å². The summed E-state index contributed by atoms with van der Waals surface area (Å²) in [6.07, 6.45) is 0. The van der Waals surface area contributed by atoms with E-state index in [9.17, 15) is 10.1 Å². The van der Waals surface area contributed by atoms with E-state index in [1.165, 1.54) is 23.3 Å². The molecule has 0 saturated carbocycles. The number of non-ortho nitro benzene ring substituents is 1. The summed E-state index contributed by atoms with van der Waals surface area (Å²) in [5.41, 5.74) is 5.13. The van der Waals surface area contributed by atoms with Gasteiger partial charge in [0.15, 0.2) is 0 Å². The third-order valence-electron chi connectivity index (χ3n) is 4.01. The van der Waals surface area contributed by atoms with E-state index in [0.717, 1.165) is 22.8 Å². The second-order valence-corrected chi connectivity index (χ2v) is 6.16. The fourth-order valence-corrected chi connectivity index (χ4v) is 2.49. The second-order valence-electron chi connectivity index (χ2n) is 6.16. The number of amidine groups is 1. The highest BCUT2D eigenvalue weighted by Crippen LogP contribution is 2.14. The fourth-order valence-electron chi connectivity index (χ4n) is 2.49. The molecule has 0 unspecified atom stereocenters. The van der Waals surface area contributed by atoms with Crippen molar-refractivity contribution < 1.29 is 9.92 Å². The molecule has 0 aliphatic rings. The number of rotatable bonds is 4. The molecule has 5 heteroatoms. The topological polar surface area (TPSA) is 69.1 Å². The number of hydrogen-bond acceptors (Lipinski definition) is 2. The van der Waals surface area contributed by atoms with Gasteiger partial charge in [0.1, 0.15) is 11.4 Å². The van der Waals surface area contributed by atoms with Crippen molar-refractivity contribution in [1.29, 1.82) is 0 Å². The van der Waals surface area contributed by atoms with E-state index in [4.69, 9.17) is 0 Å². The minimum absolute atomic E-state index is 0.0683. The van der Waals surface area contributed by atoms with Crippen molar-refractivity contribution in [1.82, 2.24) is 0 Å². The van der Waals surface area contributed by atoms with Crippen LogP contribution >= 0.6 is 0 Å². The van der Waals surface area contributed by atoms with Crippen LogP contribution in [0.1, 0.15) is 16.7 Å². The lowest BCUT2D eigenvalue weighted by atomic mass is 10.1. The quantitative estimate of drug-likeness (QED) is 0.329. The Labute approximate surface area is 152 Å². The lowest BCUT2D eigenvalue weighted by Crippen LogP contribution is -2.68. The van der Waals surface area contributed by atoms with Crippen LogP contribution < -0.4 is 10.3 Å². The van der Waals surface area contributed by atoms with Crippen molar-refractivity contribution in [3.63, 3.8) is 0 Å². The highest BCUT2D eigenvalue weighted by Gasteiger charge is 2.14. The first-order valence-corrected chi connectivity index (χ1v) is 8.30. The van der Waals surface area contributed by atoms with Gasteiger partial charge < -0.3 is 0 Å². The molecule has 0 atom stereocenters. The number of nitrogens with zero attached hydrogens (tertiary/aromatic N) is 1. The Hall–Kier alpha value is -3.47. The average molecular weight is 346 g/mol. The van der Waals surface area contributed by atoms with Crippen molar-refractivity contribution in [3.8, 4) is 0 Å². The lowest BCUT2D eigenvalue weighted by molar-refractivity contribution is -0.384. The predicted octanol–water partition coefficient (Wildman–Crippen LogP) is 3.48. The number of hydrogen-bond donors (Lipinski definition) is 2. The molecule has 5 nitrogen and oxygen atoms in total. The van der Waals surface area contributed by atoms with E-state index < -0.39 is 4.92 Å². The molecule has 0 fully saturated rings. The van der Waals surface area contributed by atoms with Crippen LogP contribution in [0.25, 0.3) is 0 Å². The van der Waals surface area contributed by atoms with Crippen LogP contribution in [-0.2, 0) is 0 Å². The summed E-state index contributed by atoms with van der Waals surface area (Å²) in [6, 6.07) is 22.6. The molecule has 0 radical (unpaired) electrons. The molecule has 2 N–H and O–H groups in total. The Morgan fingerprint density at radius 2 is 1.38 bits per heavy atom. The molecule has 0 aliphatic heterocycles. The van der Waals surface area contributed by atoms with Gasteiger partial charge in [0, 0.05) is 12.1 Å². The van der Waals surface area contributed by atoms with E-state index in [-0.39, 0.29) is 5.69 Å². The molecule has 0 amide bonds. The summed E-state index contributed by atoms with van der Waals surface area (Å²) in [6.45, 7) is 4.07. The molecule has 0 aliphatic carbocycles. The van der Waals surface area contributed by atoms with Crippen molar-refractivity contribution in [2.24, 2.45) is 0 Å². The van der Waals surface area contributed by atoms with Crippen LogP contribution in [0, 0.1) is 24.0 Å². The molecular weight excluding hydrogens is 326 g/mol. The number of nitro groups is 1. The van der Waals surface area contributed by atoms with E-state index >= 15 is 0 Å². The minimum Gasteiger partial charge on any atom is -0.258 e. The average Bonchev–Trinajstić information content (AvgIpc) is 2.65. The molecule has 3 aromatic rings. The number of nitro benzene ring substituents is 1. The standard InChI is InChI=1S/C21H19N3O2/c1-15-3-9-18(10-4-15)22-21(23-19-11-5-16(2)6-12-19)17-7-13-20(14-8-17)24(25)26/h3-14H,1-2H3,(H,22,23)/p+1. The molecule has 3 rings (SSSR count). The zero-order valence-electron chi connectivity index (χ0n) is 14.7. The van der Waals surface area contributed by atoms with Crippen LogP contribution in [0.3, 0.4) is 0 Å². The molecule has 130 valence electrons. The van der Waals surface area contributed by atoms with Gasteiger partial charge in [0.25, 0.3) is 11.5 Å². The predicted molar refractivity (Wildman–Crippen MR) is 104 cm³/mol. The molecule has 0 spiro atoms. The van der Waals surface area contributed by atoms with Gasteiger partial charge in [-0.25, -0.2) is 10.3 Å². The van der Waals surface area contributed by atoms with Crippen molar-refractivity contribution in [3.05, 3.63) is 99.6 Å². The molecule has 0 aromatic heterocycles. The van der Waals surface area contributed by atoms with E-state index in [1.54, 1.807) is 12.1 Å². The summed E-state index contributed by atoms with van der Waals surface area (Å²) in [5, 5.41) is 14.3. The summed E-state index contributed by atoms with van der Waals surface area (Å²) in [4.78, 5) is 13.9. The molecule has 0 heterocycles. The van der Waals surface area contributed by atoms with Crippen molar-refractivity contribution in [2.75, 3.05) is 5.32 Å². The van der Waals surface area contributed by atoms with Gasteiger partial charge in [-0.1, -0.05) is 35.4 Å². The largest absolute Gasteiger partial charge is 0.285 e. The first kappa shape index (κ1) is 17.4. The van der Waals surface area contributed by atoms with Crippen LogP contribution in [0.5, 0.6) is 0 Å². The summed E-state index contributed by atoms with van der Waals surface area (Å²) in [5.74, 6) is 0.757. The van der Waals surface area contributed by atoms with Crippen molar-refractivity contribution in [2.45, 2.75) is 13.8 Å². The van der Waals surface area contributed by atoms with Crippen LogP contribution in [0.15, 0.2) is 72.8 Å². The maximum Gasteiger partial charge on any atom is 0.285 e. The van der Waals surface area contributed by atoms with Gasteiger partial charge in [-0.05, 0) is 50.2 Å². The number of anilines is 1. The van der Waals surface area contributed by atoms with Gasteiger partial charge in [-0.3, -0.25) is 10.1 Å². The Morgan fingerprint density at radius 3 is 1.92 bits per heavy atom. The van der Waals surface area contributed by atoms with Gasteiger partial charge >= 0.3 is 0 Å². The Bertz CT molecular complexity index is 929. The minimum atomic E-state index is -0.399. The lowest BCUT2D eigenvalue weighted by Gasteiger charge is -2.05. The normalized spacial score (nSPS) is 11.2.